The van der Waals surface area contributed by atoms with E-state index in [-0.39, 0.29) is 5.75 Å². The Morgan fingerprint density at radius 2 is 2.21 bits per heavy atom. The van der Waals surface area contributed by atoms with E-state index in [2.05, 4.69) is 5.92 Å². The Balaban J connectivity index is 2.23. The number of ether oxygens (including phenoxy) is 1. The molecule has 0 unspecified atom stereocenters. The molecule has 0 fully saturated rings. The summed E-state index contributed by atoms with van der Waals surface area (Å²) in [5, 5.41) is 0. The van der Waals surface area contributed by atoms with Gasteiger partial charge in [0.15, 0.2) is 0 Å². The summed E-state index contributed by atoms with van der Waals surface area (Å²) in [5.41, 5.74) is 0. The maximum atomic E-state index is 10.5. The maximum Gasteiger partial charge on any atom is 0.243 e. The zero-order valence-corrected chi connectivity index (χ0v) is 11.5. The summed E-state index contributed by atoms with van der Waals surface area (Å²) >= 11 is 0. The third-order valence-electron chi connectivity index (χ3n) is 2.44. The van der Waals surface area contributed by atoms with E-state index in [1.54, 1.807) is 0 Å². The number of hydrogen-bond acceptors (Lipinski definition) is 4. The summed E-state index contributed by atoms with van der Waals surface area (Å²) in [5.74, 6) is 2.16. The minimum Gasteiger partial charge on any atom is -0.748 e. The molecule has 0 radical (unpaired) electrons. The average Bonchev–Trinajstić information content (AvgIpc) is 2.75. The van der Waals surface area contributed by atoms with E-state index in [1.165, 1.54) is 0 Å². The number of rotatable bonds is 9. The molecule has 0 aliphatic carbocycles. The van der Waals surface area contributed by atoms with Gasteiger partial charge in [0, 0.05) is 12.2 Å². The van der Waals surface area contributed by atoms with Crippen molar-refractivity contribution in [3.8, 4) is 12.3 Å². The van der Waals surface area contributed by atoms with Crippen molar-refractivity contribution < 1.29 is 22.3 Å². The lowest BCUT2D eigenvalue weighted by atomic mass is 10.5. The summed E-state index contributed by atoms with van der Waals surface area (Å²) in [6.45, 7) is 2.34. The molecule has 0 atom stereocenters. The molecule has 0 aromatic carbocycles. The summed E-state index contributed by atoms with van der Waals surface area (Å²) in [7, 11) is -4.12. The minimum atomic E-state index is -4.12. The third-order valence-corrected chi connectivity index (χ3v) is 3.23. The van der Waals surface area contributed by atoms with Crippen LogP contribution in [-0.2, 0) is 27.9 Å². The fourth-order valence-electron chi connectivity index (χ4n) is 1.53. The van der Waals surface area contributed by atoms with Gasteiger partial charge in [0.05, 0.1) is 29.9 Å². The summed E-state index contributed by atoms with van der Waals surface area (Å²) < 4.78 is 40.5. The molecular formula is C12H18N2O4S. The van der Waals surface area contributed by atoms with Gasteiger partial charge < -0.3 is 9.29 Å². The van der Waals surface area contributed by atoms with Gasteiger partial charge in [-0.05, 0) is 6.42 Å². The van der Waals surface area contributed by atoms with Crippen molar-refractivity contribution in [3.05, 3.63) is 18.7 Å². The van der Waals surface area contributed by atoms with Crippen molar-refractivity contribution in [2.75, 3.05) is 19.0 Å². The van der Waals surface area contributed by atoms with Crippen LogP contribution in [0, 0.1) is 12.3 Å². The average molecular weight is 286 g/mol. The second-order valence-electron chi connectivity index (χ2n) is 4.07. The number of aryl methyl sites for hydroxylation is 1. The lowest BCUT2D eigenvalue weighted by molar-refractivity contribution is -0.696. The quantitative estimate of drug-likeness (QED) is 0.271. The van der Waals surface area contributed by atoms with Crippen molar-refractivity contribution in [1.82, 2.24) is 4.57 Å². The fourth-order valence-corrected chi connectivity index (χ4v) is 2.01. The van der Waals surface area contributed by atoms with Gasteiger partial charge in [0.25, 0.3) is 0 Å². The van der Waals surface area contributed by atoms with Gasteiger partial charge in [-0.1, -0.05) is 0 Å². The van der Waals surface area contributed by atoms with E-state index < -0.39 is 10.1 Å². The fraction of sp³-hybridized carbons (Fsp3) is 0.583. The van der Waals surface area contributed by atoms with Crippen LogP contribution in [0.5, 0.6) is 0 Å². The largest absolute Gasteiger partial charge is 0.748 e. The molecule has 0 saturated heterocycles. The molecule has 1 heterocycles. The highest BCUT2D eigenvalue weighted by Crippen LogP contribution is 1.91. The smallest absolute Gasteiger partial charge is 0.243 e. The SMILES string of the molecule is C#CCCOCCn1cc[n+](CCCS(=O)(=O)[O-])c1. The third kappa shape index (κ3) is 7.62. The van der Waals surface area contributed by atoms with Crippen LogP contribution >= 0.6 is 0 Å². The summed E-state index contributed by atoms with van der Waals surface area (Å²) in [4.78, 5) is 0. The highest BCUT2D eigenvalue weighted by atomic mass is 32.2. The lowest BCUT2D eigenvalue weighted by Gasteiger charge is -2.04. The number of hydrogen-bond donors (Lipinski definition) is 0. The first kappa shape index (κ1) is 15.7. The van der Waals surface area contributed by atoms with E-state index in [4.69, 9.17) is 11.2 Å². The minimum absolute atomic E-state index is 0.319. The first-order chi connectivity index (χ1) is 9.01. The van der Waals surface area contributed by atoms with E-state index in [9.17, 15) is 13.0 Å². The van der Waals surface area contributed by atoms with Crippen molar-refractivity contribution in [1.29, 1.82) is 0 Å². The standard InChI is InChI=1S/C12H18N2O4S/c1-2-3-9-18-10-8-14-7-6-13(12-14)5-4-11-19(15,16)17/h1,6-7,12H,3-5,8-11H2. The number of imidazole rings is 1. The van der Waals surface area contributed by atoms with Gasteiger partial charge in [-0.2, -0.15) is 0 Å². The first-order valence-corrected chi connectivity index (χ1v) is 7.58. The van der Waals surface area contributed by atoms with Gasteiger partial charge in [-0.3, -0.25) is 0 Å². The monoisotopic (exact) mass is 286 g/mol. The Morgan fingerprint density at radius 3 is 2.89 bits per heavy atom. The topological polar surface area (TPSA) is 75.2 Å². The number of terminal acetylenes is 1. The summed E-state index contributed by atoms with van der Waals surface area (Å²) in [6, 6.07) is 0. The lowest BCUT2D eigenvalue weighted by Crippen LogP contribution is -2.32. The highest BCUT2D eigenvalue weighted by molar-refractivity contribution is 7.85. The molecular weight excluding hydrogens is 268 g/mol. The van der Waals surface area contributed by atoms with Crippen LogP contribution in [0.4, 0.5) is 0 Å². The van der Waals surface area contributed by atoms with Crippen molar-refractivity contribution in [2.24, 2.45) is 0 Å². The molecule has 6 nitrogen and oxygen atoms in total. The van der Waals surface area contributed by atoms with Gasteiger partial charge in [0.2, 0.25) is 6.33 Å². The molecule has 0 aliphatic rings. The zero-order valence-electron chi connectivity index (χ0n) is 10.7. The van der Waals surface area contributed by atoms with E-state index in [0.29, 0.717) is 39.1 Å². The van der Waals surface area contributed by atoms with Crippen molar-refractivity contribution >= 4 is 10.1 Å². The second-order valence-corrected chi connectivity index (χ2v) is 5.59. The van der Waals surface area contributed by atoms with Crippen LogP contribution in [0.25, 0.3) is 0 Å². The Kier molecular flexibility index (Phi) is 6.56. The molecule has 7 heteroatoms. The first-order valence-electron chi connectivity index (χ1n) is 6.01. The predicted molar refractivity (Wildman–Crippen MR) is 68.1 cm³/mol. The van der Waals surface area contributed by atoms with Crippen molar-refractivity contribution in [3.63, 3.8) is 0 Å². The van der Waals surface area contributed by atoms with E-state index in [1.807, 2.05) is 27.9 Å². The number of nitrogens with zero attached hydrogens (tertiary/aromatic N) is 2. The molecule has 1 rings (SSSR count). The van der Waals surface area contributed by atoms with Gasteiger partial charge >= 0.3 is 0 Å². The Labute approximate surface area is 113 Å². The van der Waals surface area contributed by atoms with Crippen LogP contribution in [0.15, 0.2) is 18.7 Å². The van der Waals surface area contributed by atoms with E-state index >= 15 is 0 Å². The number of aromatic nitrogens is 2. The molecule has 0 saturated carbocycles. The zero-order chi connectivity index (χ0) is 14.1. The van der Waals surface area contributed by atoms with Crippen molar-refractivity contribution in [2.45, 2.75) is 25.9 Å². The van der Waals surface area contributed by atoms with Crippen LogP contribution in [-0.4, -0.2) is 36.5 Å². The Hall–Kier alpha value is -1.36. The van der Waals surface area contributed by atoms with Crippen LogP contribution < -0.4 is 4.57 Å². The molecule has 0 N–H and O–H groups in total. The highest BCUT2D eigenvalue weighted by Gasteiger charge is 2.04. The molecule has 1 aromatic heterocycles. The molecule has 19 heavy (non-hydrogen) atoms. The summed E-state index contributed by atoms with van der Waals surface area (Å²) in [6.07, 6.45) is 11.6. The predicted octanol–water partition coefficient (Wildman–Crippen LogP) is -0.249. The van der Waals surface area contributed by atoms with Gasteiger partial charge in [-0.25, -0.2) is 17.6 Å². The van der Waals surface area contributed by atoms with Crippen LogP contribution in [0.3, 0.4) is 0 Å². The molecule has 0 amide bonds. The normalized spacial score (nSPS) is 11.4. The molecule has 106 valence electrons. The van der Waals surface area contributed by atoms with E-state index in [0.717, 1.165) is 0 Å². The molecule has 0 aliphatic heterocycles. The van der Waals surface area contributed by atoms with Gasteiger partial charge in [0.1, 0.15) is 18.9 Å². The van der Waals surface area contributed by atoms with Crippen LogP contribution in [0.1, 0.15) is 12.8 Å². The Bertz CT molecular complexity index is 516. The molecule has 0 spiro atoms. The second kappa shape index (κ2) is 7.94. The maximum absolute atomic E-state index is 10.5. The Morgan fingerprint density at radius 1 is 1.42 bits per heavy atom. The van der Waals surface area contributed by atoms with Crippen LogP contribution in [0.2, 0.25) is 0 Å². The molecule has 1 aromatic rings. The van der Waals surface area contributed by atoms with Gasteiger partial charge in [-0.15, -0.1) is 12.3 Å². The molecule has 0 bridgehead atoms.